The predicted molar refractivity (Wildman–Crippen MR) is 80.5 cm³/mol. The minimum absolute atomic E-state index is 0.00194. The van der Waals surface area contributed by atoms with Crippen molar-refractivity contribution in [2.45, 2.75) is 13.0 Å². The van der Waals surface area contributed by atoms with Gasteiger partial charge in [-0.05, 0) is 35.4 Å². The van der Waals surface area contributed by atoms with Crippen molar-refractivity contribution in [2.75, 3.05) is 0 Å². The van der Waals surface area contributed by atoms with E-state index in [1.54, 1.807) is 18.7 Å². The van der Waals surface area contributed by atoms with Crippen molar-refractivity contribution in [1.82, 2.24) is 19.9 Å². The molecule has 2 aromatic heterocycles. The first-order valence-electron chi connectivity index (χ1n) is 6.78. The van der Waals surface area contributed by atoms with Gasteiger partial charge >= 0.3 is 0 Å². The fraction of sp³-hybridized carbons (Fsp3) is 0.188. The summed E-state index contributed by atoms with van der Waals surface area (Å²) in [4.78, 5) is 20.2. The van der Waals surface area contributed by atoms with Gasteiger partial charge in [0.15, 0.2) is 0 Å². The van der Waals surface area contributed by atoms with Crippen LogP contribution in [0.15, 0.2) is 49.1 Å². The largest absolute Gasteiger partial charge is 0.352 e. The highest BCUT2D eigenvalue weighted by Crippen LogP contribution is 2.14. The van der Waals surface area contributed by atoms with Crippen molar-refractivity contribution >= 4 is 16.9 Å². The molecule has 3 aromatic rings. The average Bonchev–Trinajstić information content (AvgIpc) is 2.87. The number of fused-ring (bicyclic) bond motifs is 1. The third kappa shape index (κ3) is 3.08. The first kappa shape index (κ1) is 13.3. The zero-order valence-corrected chi connectivity index (χ0v) is 11.8. The highest BCUT2D eigenvalue weighted by Gasteiger charge is 2.06. The van der Waals surface area contributed by atoms with E-state index in [0.29, 0.717) is 13.0 Å². The van der Waals surface area contributed by atoms with Gasteiger partial charge < -0.3 is 9.88 Å². The van der Waals surface area contributed by atoms with E-state index in [1.807, 2.05) is 41.9 Å². The molecule has 0 saturated carbocycles. The summed E-state index contributed by atoms with van der Waals surface area (Å²) >= 11 is 0. The van der Waals surface area contributed by atoms with E-state index in [-0.39, 0.29) is 5.91 Å². The molecule has 3 rings (SSSR count). The fourth-order valence-electron chi connectivity index (χ4n) is 2.24. The number of benzene rings is 1. The molecule has 5 nitrogen and oxygen atoms in total. The molecule has 0 spiro atoms. The molecule has 0 saturated heterocycles. The molecule has 0 bridgehead atoms. The topological polar surface area (TPSA) is 59.8 Å². The van der Waals surface area contributed by atoms with Crippen LogP contribution in [0.3, 0.4) is 0 Å². The maximum Gasteiger partial charge on any atom is 0.224 e. The van der Waals surface area contributed by atoms with E-state index < -0.39 is 0 Å². The molecule has 106 valence electrons. The Morgan fingerprint density at radius 1 is 1.19 bits per heavy atom. The maximum absolute atomic E-state index is 12.0. The number of imidazole rings is 1. The Bertz CT molecular complexity index is 764. The summed E-state index contributed by atoms with van der Waals surface area (Å²) in [6.07, 6.45) is 5.57. The Kier molecular flexibility index (Phi) is 3.64. The highest BCUT2D eigenvalue weighted by atomic mass is 16.1. The van der Waals surface area contributed by atoms with Gasteiger partial charge in [-0.2, -0.15) is 0 Å². The predicted octanol–water partition coefficient (Wildman–Crippen LogP) is 1.83. The van der Waals surface area contributed by atoms with Gasteiger partial charge in [0.05, 0.1) is 23.8 Å². The summed E-state index contributed by atoms with van der Waals surface area (Å²) in [5.74, 6) is 0.00194. The second-order valence-corrected chi connectivity index (χ2v) is 4.99. The summed E-state index contributed by atoms with van der Waals surface area (Å²) in [5, 5.41) is 2.91. The van der Waals surface area contributed by atoms with Crippen LogP contribution >= 0.6 is 0 Å². The van der Waals surface area contributed by atoms with Gasteiger partial charge in [-0.25, -0.2) is 4.98 Å². The number of aromatic nitrogens is 3. The van der Waals surface area contributed by atoms with Crippen LogP contribution in [0.25, 0.3) is 11.0 Å². The van der Waals surface area contributed by atoms with E-state index in [2.05, 4.69) is 15.3 Å². The number of amides is 1. The second-order valence-electron chi connectivity index (χ2n) is 4.99. The highest BCUT2D eigenvalue weighted by molar-refractivity contribution is 5.81. The molecule has 0 unspecified atom stereocenters. The number of hydrogen-bond donors (Lipinski definition) is 1. The zero-order valence-electron chi connectivity index (χ0n) is 11.8. The van der Waals surface area contributed by atoms with Crippen LogP contribution in [-0.4, -0.2) is 20.4 Å². The summed E-state index contributed by atoms with van der Waals surface area (Å²) in [7, 11) is 1.95. The standard InChI is InChI=1S/C16H16N4O/c1-20-11-19-14-8-13(2-3-15(14)20)9-16(21)18-10-12-4-6-17-7-5-12/h2-8,11H,9-10H2,1H3,(H,18,21). The van der Waals surface area contributed by atoms with Crippen molar-refractivity contribution < 1.29 is 4.79 Å². The molecule has 1 N–H and O–H groups in total. The molecule has 0 aliphatic heterocycles. The van der Waals surface area contributed by atoms with E-state index in [9.17, 15) is 4.79 Å². The lowest BCUT2D eigenvalue weighted by Gasteiger charge is -2.05. The Morgan fingerprint density at radius 3 is 2.81 bits per heavy atom. The molecule has 21 heavy (non-hydrogen) atoms. The van der Waals surface area contributed by atoms with Crippen molar-refractivity contribution in [3.8, 4) is 0 Å². The molecule has 5 heteroatoms. The number of pyridine rings is 1. The van der Waals surface area contributed by atoms with Crippen LogP contribution in [0.1, 0.15) is 11.1 Å². The molecule has 0 radical (unpaired) electrons. The van der Waals surface area contributed by atoms with Crippen molar-refractivity contribution in [2.24, 2.45) is 7.05 Å². The quantitative estimate of drug-likeness (QED) is 0.793. The summed E-state index contributed by atoms with van der Waals surface area (Å²) in [6, 6.07) is 9.70. The first-order valence-corrected chi connectivity index (χ1v) is 6.78. The van der Waals surface area contributed by atoms with Gasteiger partial charge in [0, 0.05) is 26.0 Å². The molecular formula is C16H16N4O. The van der Waals surface area contributed by atoms with Crippen LogP contribution in [0.4, 0.5) is 0 Å². The van der Waals surface area contributed by atoms with Crippen LogP contribution in [0, 0.1) is 0 Å². The average molecular weight is 280 g/mol. The summed E-state index contributed by atoms with van der Waals surface area (Å²) in [5.41, 5.74) is 3.99. The van der Waals surface area contributed by atoms with Crippen LogP contribution in [0.2, 0.25) is 0 Å². The zero-order chi connectivity index (χ0) is 14.7. The van der Waals surface area contributed by atoms with Gasteiger partial charge in [0.25, 0.3) is 0 Å². The molecule has 0 atom stereocenters. The molecular weight excluding hydrogens is 264 g/mol. The number of carbonyl (C=O) groups is 1. The number of carbonyl (C=O) groups excluding carboxylic acids is 1. The molecule has 0 fully saturated rings. The molecule has 2 heterocycles. The minimum Gasteiger partial charge on any atom is -0.352 e. The van der Waals surface area contributed by atoms with Gasteiger partial charge in [0.1, 0.15) is 0 Å². The van der Waals surface area contributed by atoms with Gasteiger partial charge in [0.2, 0.25) is 5.91 Å². The summed E-state index contributed by atoms with van der Waals surface area (Å²) < 4.78 is 1.96. The number of hydrogen-bond acceptors (Lipinski definition) is 3. The SMILES string of the molecule is Cn1cnc2cc(CC(=O)NCc3ccncc3)ccc21. The first-order chi connectivity index (χ1) is 10.2. The summed E-state index contributed by atoms with van der Waals surface area (Å²) in [6.45, 7) is 0.521. The minimum atomic E-state index is 0.00194. The maximum atomic E-state index is 12.0. The van der Waals surface area contributed by atoms with E-state index in [4.69, 9.17) is 0 Å². The van der Waals surface area contributed by atoms with Gasteiger partial charge in [-0.15, -0.1) is 0 Å². The fourth-order valence-corrected chi connectivity index (χ4v) is 2.24. The van der Waals surface area contributed by atoms with Gasteiger partial charge in [-0.3, -0.25) is 9.78 Å². The molecule has 0 aliphatic rings. The van der Waals surface area contributed by atoms with E-state index in [1.165, 1.54) is 0 Å². The Hall–Kier alpha value is -2.69. The van der Waals surface area contributed by atoms with Crippen LogP contribution in [-0.2, 0) is 24.8 Å². The lowest BCUT2D eigenvalue weighted by Crippen LogP contribution is -2.24. The number of rotatable bonds is 4. The molecule has 0 aliphatic carbocycles. The van der Waals surface area contributed by atoms with Crippen molar-refractivity contribution in [3.05, 3.63) is 60.2 Å². The van der Waals surface area contributed by atoms with E-state index >= 15 is 0 Å². The third-order valence-electron chi connectivity index (χ3n) is 3.39. The number of nitrogens with one attached hydrogen (secondary N) is 1. The van der Waals surface area contributed by atoms with E-state index in [0.717, 1.165) is 22.2 Å². The van der Waals surface area contributed by atoms with Crippen LogP contribution in [0.5, 0.6) is 0 Å². The Labute approximate surface area is 122 Å². The lowest BCUT2D eigenvalue weighted by molar-refractivity contribution is -0.120. The Balaban J connectivity index is 1.63. The lowest BCUT2D eigenvalue weighted by atomic mass is 10.1. The normalized spacial score (nSPS) is 10.7. The smallest absolute Gasteiger partial charge is 0.224 e. The third-order valence-corrected chi connectivity index (χ3v) is 3.39. The number of aryl methyl sites for hydroxylation is 1. The Morgan fingerprint density at radius 2 is 2.00 bits per heavy atom. The van der Waals surface area contributed by atoms with Gasteiger partial charge in [-0.1, -0.05) is 6.07 Å². The van der Waals surface area contributed by atoms with Crippen molar-refractivity contribution in [3.63, 3.8) is 0 Å². The van der Waals surface area contributed by atoms with Crippen molar-refractivity contribution in [1.29, 1.82) is 0 Å². The second kappa shape index (κ2) is 5.75. The monoisotopic (exact) mass is 280 g/mol. The number of nitrogens with zero attached hydrogens (tertiary/aromatic N) is 3. The molecule has 1 aromatic carbocycles. The van der Waals surface area contributed by atoms with Crippen LogP contribution < -0.4 is 5.32 Å². The molecule has 1 amide bonds.